The molecule has 78 valence electrons. The Morgan fingerprint density at radius 3 is 2.53 bits per heavy atom. The van der Waals surface area contributed by atoms with Crippen LogP contribution in [0.25, 0.3) is 0 Å². The molecule has 1 aliphatic heterocycles. The zero-order valence-electron chi connectivity index (χ0n) is 8.47. The molecule has 0 fully saturated rings. The molecule has 15 heavy (non-hydrogen) atoms. The Kier molecular flexibility index (Phi) is 2.51. The first-order chi connectivity index (χ1) is 7.20. The smallest absolute Gasteiger partial charge is 0.253 e. The van der Waals surface area contributed by atoms with E-state index in [4.69, 9.17) is 5.11 Å². The molecule has 1 N–H and O–H groups in total. The number of amides is 1. The number of aliphatic hydroxyl groups excluding tert-OH is 1. The van der Waals surface area contributed by atoms with Gasteiger partial charge in [-0.2, -0.15) is 5.10 Å². The highest BCUT2D eigenvalue weighted by Crippen LogP contribution is 2.20. The van der Waals surface area contributed by atoms with Crippen molar-refractivity contribution in [2.24, 2.45) is 5.10 Å². The van der Waals surface area contributed by atoms with Crippen LogP contribution in [0.5, 0.6) is 0 Å². The van der Waals surface area contributed by atoms with Crippen LogP contribution in [-0.2, 0) is 11.4 Å². The van der Waals surface area contributed by atoms with Gasteiger partial charge in [0, 0.05) is 5.71 Å². The van der Waals surface area contributed by atoms with Gasteiger partial charge in [-0.25, -0.2) is 5.01 Å². The van der Waals surface area contributed by atoms with Gasteiger partial charge < -0.3 is 5.11 Å². The summed E-state index contributed by atoms with van der Waals surface area (Å²) in [5, 5.41) is 14.4. The molecule has 1 aromatic rings. The van der Waals surface area contributed by atoms with E-state index in [2.05, 4.69) is 5.10 Å². The molecule has 1 aliphatic rings. The molecule has 0 spiro atoms. The Hall–Kier alpha value is -1.68. The number of hydrogen-bond acceptors (Lipinski definition) is 3. The second kappa shape index (κ2) is 3.82. The number of anilines is 1. The number of rotatable bonds is 2. The van der Waals surface area contributed by atoms with Gasteiger partial charge in [0.15, 0.2) is 0 Å². The largest absolute Gasteiger partial charge is 0.392 e. The average molecular weight is 204 g/mol. The van der Waals surface area contributed by atoms with Crippen LogP contribution in [0.4, 0.5) is 5.69 Å². The molecule has 0 aromatic heterocycles. The van der Waals surface area contributed by atoms with E-state index in [1.807, 2.05) is 6.92 Å². The molecule has 2 rings (SSSR count). The van der Waals surface area contributed by atoms with Crippen molar-refractivity contribution in [2.45, 2.75) is 20.0 Å². The first-order valence-electron chi connectivity index (χ1n) is 4.77. The molecule has 4 heteroatoms. The first-order valence-corrected chi connectivity index (χ1v) is 4.77. The summed E-state index contributed by atoms with van der Waals surface area (Å²) in [4.78, 5) is 11.5. The zero-order valence-corrected chi connectivity index (χ0v) is 8.47. The summed E-state index contributed by atoms with van der Waals surface area (Å²) >= 11 is 0. The molecule has 0 saturated carbocycles. The molecule has 0 atom stereocenters. The van der Waals surface area contributed by atoms with Crippen molar-refractivity contribution in [3.8, 4) is 0 Å². The minimum atomic E-state index is -0.00996. The molecule has 1 heterocycles. The predicted octanol–water partition coefficient (Wildman–Crippen LogP) is 1.29. The molecule has 0 radical (unpaired) electrons. The predicted molar refractivity (Wildman–Crippen MR) is 57.6 cm³/mol. The maximum Gasteiger partial charge on any atom is 0.253 e. The van der Waals surface area contributed by atoms with Crippen LogP contribution < -0.4 is 5.01 Å². The van der Waals surface area contributed by atoms with Crippen LogP contribution in [0.3, 0.4) is 0 Å². The Labute approximate surface area is 87.8 Å². The lowest BCUT2D eigenvalue weighted by Gasteiger charge is -2.11. The summed E-state index contributed by atoms with van der Waals surface area (Å²) in [6.07, 6.45) is 0.391. The lowest BCUT2D eigenvalue weighted by atomic mass is 10.2. The molecular weight excluding hydrogens is 192 g/mol. The highest BCUT2D eigenvalue weighted by molar-refractivity contribution is 6.12. The first kappa shape index (κ1) is 9.86. The van der Waals surface area contributed by atoms with E-state index in [1.165, 1.54) is 5.01 Å². The van der Waals surface area contributed by atoms with Gasteiger partial charge in [0.25, 0.3) is 5.91 Å². The highest BCUT2D eigenvalue weighted by Gasteiger charge is 2.22. The van der Waals surface area contributed by atoms with Gasteiger partial charge in [0.05, 0.1) is 18.7 Å². The Morgan fingerprint density at radius 1 is 1.40 bits per heavy atom. The summed E-state index contributed by atoms with van der Waals surface area (Å²) in [5.74, 6) is -0.00996. The van der Waals surface area contributed by atoms with Crippen LogP contribution in [0, 0.1) is 0 Å². The molecule has 0 saturated heterocycles. The summed E-state index contributed by atoms with van der Waals surface area (Å²) < 4.78 is 0. The monoisotopic (exact) mass is 204 g/mol. The number of hydrazone groups is 1. The van der Waals surface area contributed by atoms with Crippen molar-refractivity contribution in [3.05, 3.63) is 29.8 Å². The van der Waals surface area contributed by atoms with Crippen LogP contribution in [0.15, 0.2) is 29.4 Å². The maximum absolute atomic E-state index is 11.5. The van der Waals surface area contributed by atoms with Crippen molar-refractivity contribution in [1.82, 2.24) is 0 Å². The minimum Gasteiger partial charge on any atom is -0.392 e. The van der Waals surface area contributed by atoms with Crippen molar-refractivity contribution < 1.29 is 9.90 Å². The van der Waals surface area contributed by atoms with E-state index in [9.17, 15) is 4.79 Å². The second-order valence-electron chi connectivity index (χ2n) is 3.54. The van der Waals surface area contributed by atoms with Gasteiger partial charge in [-0.3, -0.25) is 4.79 Å². The number of nitrogens with zero attached hydrogens (tertiary/aromatic N) is 2. The lowest BCUT2D eigenvalue weighted by Crippen LogP contribution is -2.19. The summed E-state index contributed by atoms with van der Waals surface area (Å²) in [6.45, 7) is 1.84. The fourth-order valence-corrected chi connectivity index (χ4v) is 1.50. The lowest BCUT2D eigenvalue weighted by molar-refractivity contribution is -0.116. The summed E-state index contributed by atoms with van der Waals surface area (Å²) in [5.41, 5.74) is 2.39. The normalized spacial score (nSPS) is 15.7. The summed E-state index contributed by atoms with van der Waals surface area (Å²) in [7, 11) is 0. The fraction of sp³-hybridized carbons (Fsp3) is 0.273. The zero-order chi connectivity index (χ0) is 10.8. The third-order valence-corrected chi connectivity index (χ3v) is 2.28. The van der Waals surface area contributed by atoms with E-state index >= 15 is 0 Å². The van der Waals surface area contributed by atoms with Crippen LogP contribution in [-0.4, -0.2) is 16.7 Å². The summed E-state index contributed by atoms with van der Waals surface area (Å²) in [6, 6.07) is 7.13. The van der Waals surface area contributed by atoms with Gasteiger partial charge in [-0.1, -0.05) is 12.1 Å². The van der Waals surface area contributed by atoms with Crippen molar-refractivity contribution in [1.29, 1.82) is 0 Å². The van der Waals surface area contributed by atoms with Gasteiger partial charge >= 0.3 is 0 Å². The van der Waals surface area contributed by atoms with E-state index in [-0.39, 0.29) is 12.5 Å². The molecule has 0 unspecified atom stereocenters. The SMILES string of the molecule is CC1=NN(c2ccc(CO)cc2)C(=O)C1. The standard InChI is InChI=1S/C11H12N2O2/c1-8-6-11(15)13(12-8)10-4-2-9(7-14)3-5-10/h2-5,14H,6-7H2,1H3. The van der Waals surface area contributed by atoms with Crippen molar-refractivity contribution in [3.63, 3.8) is 0 Å². The molecule has 0 bridgehead atoms. The van der Waals surface area contributed by atoms with Gasteiger partial charge in [0.1, 0.15) is 0 Å². The molecule has 4 nitrogen and oxygen atoms in total. The third kappa shape index (κ3) is 1.89. The minimum absolute atomic E-state index is 0.00996. The Morgan fingerprint density at radius 2 is 2.07 bits per heavy atom. The van der Waals surface area contributed by atoms with Crippen LogP contribution in [0.1, 0.15) is 18.9 Å². The number of carbonyl (C=O) groups excluding carboxylic acids is 1. The van der Waals surface area contributed by atoms with E-state index < -0.39 is 0 Å². The number of aliphatic hydroxyl groups is 1. The number of carbonyl (C=O) groups is 1. The topological polar surface area (TPSA) is 52.9 Å². The highest BCUT2D eigenvalue weighted by atomic mass is 16.3. The van der Waals surface area contributed by atoms with Gasteiger partial charge in [-0.05, 0) is 24.6 Å². The Bertz CT molecular complexity index is 409. The molecule has 1 aromatic carbocycles. The van der Waals surface area contributed by atoms with Crippen LogP contribution >= 0.6 is 0 Å². The maximum atomic E-state index is 11.5. The fourth-order valence-electron chi connectivity index (χ4n) is 1.50. The van der Waals surface area contributed by atoms with E-state index in [1.54, 1.807) is 24.3 Å². The Balaban J connectivity index is 2.26. The van der Waals surface area contributed by atoms with Crippen LogP contribution in [0.2, 0.25) is 0 Å². The third-order valence-electron chi connectivity index (χ3n) is 2.28. The quantitative estimate of drug-likeness (QED) is 0.789. The van der Waals surface area contributed by atoms with Crippen molar-refractivity contribution >= 4 is 17.3 Å². The van der Waals surface area contributed by atoms with Gasteiger partial charge in [-0.15, -0.1) is 0 Å². The molecule has 1 amide bonds. The van der Waals surface area contributed by atoms with Gasteiger partial charge in [0.2, 0.25) is 0 Å². The van der Waals surface area contributed by atoms with E-state index in [0.29, 0.717) is 6.42 Å². The van der Waals surface area contributed by atoms with E-state index in [0.717, 1.165) is 17.0 Å². The second-order valence-corrected chi connectivity index (χ2v) is 3.54. The average Bonchev–Trinajstić information content (AvgIpc) is 2.58. The molecular formula is C11H12N2O2. The number of hydrogen-bond donors (Lipinski definition) is 1. The number of benzene rings is 1. The van der Waals surface area contributed by atoms with Crippen molar-refractivity contribution in [2.75, 3.05) is 5.01 Å². The molecule has 0 aliphatic carbocycles.